The fourth-order valence-electron chi connectivity index (χ4n) is 3.87. The molecule has 0 saturated heterocycles. The first-order valence-electron chi connectivity index (χ1n) is 11.0. The predicted molar refractivity (Wildman–Crippen MR) is 123 cm³/mol. The molecule has 2 N–H and O–H groups in total. The molecule has 0 fully saturated rings. The van der Waals surface area contributed by atoms with Crippen LogP contribution in [0.5, 0.6) is 0 Å². The monoisotopic (exact) mass is 407 g/mol. The van der Waals surface area contributed by atoms with E-state index in [0.29, 0.717) is 17.7 Å². The van der Waals surface area contributed by atoms with Gasteiger partial charge < -0.3 is 15.5 Å². The van der Waals surface area contributed by atoms with Crippen molar-refractivity contribution in [3.63, 3.8) is 0 Å². The number of hydrogen-bond donors (Lipinski definition) is 2. The highest BCUT2D eigenvalue weighted by atomic mass is 16.2. The summed E-state index contributed by atoms with van der Waals surface area (Å²) in [5.74, 6) is -0.112. The molecule has 0 radical (unpaired) electrons. The number of nitrogens with zero attached hydrogens (tertiary/aromatic N) is 1. The molecule has 30 heavy (non-hydrogen) atoms. The van der Waals surface area contributed by atoms with Crippen molar-refractivity contribution >= 4 is 23.2 Å². The Balaban J connectivity index is 1.83. The fraction of sp³-hybridized carbons (Fsp3) is 0.440. The van der Waals surface area contributed by atoms with E-state index in [0.717, 1.165) is 44.5 Å². The Labute approximate surface area is 179 Å². The van der Waals surface area contributed by atoms with Gasteiger partial charge in [0.05, 0.1) is 5.56 Å². The number of benzene rings is 2. The molecule has 0 saturated carbocycles. The second kappa shape index (κ2) is 10.3. The number of anilines is 2. The molecule has 2 amide bonds. The van der Waals surface area contributed by atoms with E-state index in [-0.39, 0.29) is 17.9 Å². The number of carbonyl (C=O) groups excluding carboxylic acids is 2. The van der Waals surface area contributed by atoms with Gasteiger partial charge in [0.15, 0.2) is 0 Å². The van der Waals surface area contributed by atoms with Crippen molar-refractivity contribution in [1.82, 2.24) is 5.32 Å². The van der Waals surface area contributed by atoms with Gasteiger partial charge in [-0.1, -0.05) is 44.0 Å². The lowest BCUT2D eigenvalue weighted by Gasteiger charge is -2.32. The Morgan fingerprint density at radius 2 is 1.83 bits per heavy atom. The lowest BCUT2D eigenvalue weighted by molar-refractivity contribution is -0.116. The summed E-state index contributed by atoms with van der Waals surface area (Å²) in [5, 5.41) is 5.96. The number of carbonyl (C=O) groups is 2. The maximum Gasteiger partial charge on any atom is 0.253 e. The van der Waals surface area contributed by atoms with Crippen molar-refractivity contribution in [2.24, 2.45) is 0 Å². The fourth-order valence-corrected chi connectivity index (χ4v) is 3.87. The van der Waals surface area contributed by atoms with Gasteiger partial charge in [0.2, 0.25) is 5.91 Å². The number of hydrogen-bond acceptors (Lipinski definition) is 3. The Morgan fingerprint density at radius 1 is 1.07 bits per heavy atom. The number of unbranched alkanes of at least 4 members (excludes halogenated alkanes) is 2. The number of nitrogens with one attached hydrogen (secondary N) is 2. The van der Waals surface area contributed by atoms with Crippen molar-refractivity contribution in [3.05, 3.63) is 59.2 Å². The van der Waals surface area contributed by atoms with Crippen LogP contribution < -0.4 is 15.5 Å². The van der Waals surface area contributed by atoms with Crippen LogP contribution in [0.25, 0.3) is 0 Å². The maximum atomic E-state index is 13.0. The molecule has 0 bridgehead atoms. The van der Waals surface area contributed by atoms with Crippen LogP contribution in [0.4, 0.5) is 11.4 Å². The summed E-state index contributed by atoms with van der Waals surface area (Å²) in [6.45, 7) is 7.67. The first-order valence-corrected chi connectivity index (χ1v) is 11.0. The van der Waals surface area contributed by atoms with E-state index in [1.54, 1.807) is 0 Å². The lowest BCUT2D eigenvalue weighted by Crippen LogP contribution is -2.35. The zero-order valence-corrected chi connectivity index (χ0v) is 18.3. The quantitative estimate of drug-likeness (QED) is 0.612. The molecule has 0 spiro atoms. The first kappa shape index (κ1) is 21.9. The van der Waals surface area contributed by atoms with Crippen LogP contribution in [0.1, 0.15) is 67.9 Å². The highest BCUT2D eigenvalue weighted by Gasteiger charge is 2.22. The van der Waals surface area contributed by atoms with E-state index in [1.165, 1.54) is 11.1 Å². The summed E-state index contributed by atoms with van der Waals surface area (Å²) in [4.78, 5) is 27.5. The normalized spacial score (nSPS) is 13.1. The second-order valence-corrected chi connectivity index (χ2v) is 8.31. The molecule has 5 nitrogen and oxygen atoms in total. The molecule has 0 atom stereocenters. The summed E-state index contributed by atoms with van der Waals surface area (Å²) >= 11 is 0. The van der Waals surface area contributed by atoms with Gasteiger partial charge in [-0.25, -0.2) is 0 Å². The lowest BCUT2D eigenvalue weighted by atomic mass is 9.98. The van der Waals surface area contributed by atoms with Crippen molar-refractivity contribution in [2.45, 2.75) is 65.5 Å². The SMILES string of the molecule is CCCCCC(=O)Nc1ccc(N2CCc3ccccc3C2)c(C(=O)NC(C)C)c1. The van der Waals surface area contributed by atoms with Gasteiger partial charge in [0.1, 0.15) is 0 Å². The summed E-state index contributed by atoms with van der Waals surface area (Å²) < 4.78 is 0. The van der Waals surface area contributed by atoms with Gasteiger partial charge in [-0.15, -0.1) is 0 Å². The molecule has 3 rings (SSSR count). The third kappa shape index (κ3) is 5.62. The first-order chi connectivity index (χ1) is 14.5. The highest BCUT2D eigenvalue weighted by Crippen LogP contribution is 2.29. The van der Waals surface area contributed by atoms with Crippen LogP contribution in [0.3, 0.4) is 0 Å². The zero-order valence-electron chi connectivity index (χ0n) is 18.3. The number of amides is 2. The molecule has 1 aliphatic heterocycles. The maximum absolute atomic E-state index is 13.0. The average molecular weight is 408 g/mol. The predicted octanol–water partition coefficient (Wildman–Crippen LogP) is 4.91. The molecule has 1 aliphatic rings. The van der Waals surface area contributed by atoms with Crippen LogP contribution in [0.15, 0.2) is 42.5 Å². The Morgan fingerprint density at radius 3 is 2.57 bits per heavy atom. The minimum atomic E-state index is -0.110. The van der Waals surface area contributed by atoms with Gasteiger partial charge in [-0.3, -0.25) is 9.59 Å². The van der Waals surface area contributed by atoms with Crippen molar-refractivity contribution in [3.8, 4) is 0 Å². The van der Waals surface area contributed by atoms with Crippen LogP contribution in [-0.2, 0) is 17.8 Å². The third-order valence-electron chi connectivity index (χ3n) is 5.42. The van der Waals surface area contributed by atoms with Crippen LogP contribution in [0.2, 0.25) is 0 Å². The van der Waals surface area contributed by atoms with Gasteiger partial charge in [0.25, 0.3) is 5.91 Å². The van der Waals surface area contributed by atoms with E-state index >= 15 is 0 Å². The summed E-state index contributed by atoms with van der Waals surface area (Å²) in [7, 11) is 0. The zero-order chi connectivity index (χ0) is 21.5. The molecule has 2 aromatic carbocycles. The Hall–Kier alpha value is -2.82. The molecule has 0 unspecified atom stereocenters. The van der Waals surface area contributed by atoms with E-state index in [4.69, 9.17) is 0 Å². The van der Waals surface area contributed by atoms with Crippen LogP contribution in [-0.4, -0.2) is 24.4 Å². The van der Waals surface area contributed by atoms with Gasteiger partial charge in [-0.2, -0.15) is 0 Å². The van der Waals surface area contributed by atoms with E-state index < -0.39 is 0 Å². The van der Waals surface area contributed by atoms with Gasteiger partial charge in [0, 0.05) is 36.9 Å². The van der Waals surface area contributed by atoms with Crippen LogP contribution >= 0.6 is 0 Å². The van der Waals surface area contributed by atoms with E-state index in [9.17, 15) is 9.59 Å². The molecule has 1 heterocycles. The third-order valence-corrected chi connectivity index (χ3v) is 5.42. The van der Waals surface area contributed by atoms with E-state index in [2.05, 4.69) is 46.7 Å². The smallest absolute Gasteiger partial charge is 0.253 e. The van der Waals surface area contributed by atoms with Gasteiger partial charge in [-0.05, 0) is 56.0 Å². The average Bonchev–Trinajstić information content (AvgIpc) is 2.73. The minimum absolute atomic E-state index is 0.00156. The standard InChI is InChI=1S/C25H33N3O2/c1-4-5-6-11-24(29)27-21-12-13-23(22(16-21)25(30)26-18(2)3)28-15-14-19-9-7-8-10-20(19)17-28/h7-10,12-13,16,18H,4-6,11,14-15,17H2,1-3H3,(H,26,30)(H,27,29). The molecule has 0 aliphatic carbocycles. The van der Waals surface area contributed by atoms with Crippen molar-refractivity contribution in [2.75, 3.05) is 16.8 Å². The Bertz CT molecular complexity index is 892. The largest absolute Gasteiger partial charge is 0.366 e. The number of rotatable bonds is 8. The van der Waals surface area contributed by atoms with Crippen molar-refractivity contribution in [1.29, 1.82) is 0 Å². The molecule has 2 aromatic rings. The summed E-state index contributed by atoms with van der Waals surface area (Å²) in [5.41, 5.74) is 4.86. The van der Waals surface area contributed by atoms with E-state index in [1.807, 2.05) is 32.0 Å². The highest BCUT2D eigenvalue weighted by molar-refractivity contribution is 6.02. The van der Waals surface area contributed by atoms with Crippen LogP contribution in [0, 0.1) is 0 Å². The molecular weight excluding hydrogens is 374 g/mol. The minimum Gasteiger partial charge on any atom is -0.366 e. The molecule has 0 aromatic heterocycles. The summed E-state index contributed by atoms with van der Waals surface area (Å²) in [6.07, 6.45) is 4.48. The molecule has 5 heteroatoms. The second-order valence-electron chi connectivity index (χ2n) is 8.31. The Kier molecular flexibility index (Phi) is 7.50. The van der Waals surface area contributed by atoms with Gasteiger partial charge >= 0.3 is 0 Å². The summed E-state index contributed by atoms with van der Waals surface area (Å²) in [6, 6.07) is 14.2. The topological polar surface area (TPSA) is 61.4 Å². The molecular formula is C25H33N3O2. The number of fused-ring (bicyclic) bond motifs is 1. The molecule has 160 valence electrons. The van der Waals surface area contributed by atoms with Crippen molar-refractivity contribution < 1.29 is 9.59 Å².